The van der Waals surface area contributed by atoms with Crippen molar-refractivity contribution in [2.45, 2.75) is 56.4 Å². The van der Waals surface area contributed by atoms with E-state index in [1.807, 2.05) is 24.3 Å². The number of benzene rings is 2. The van der Waals surface area contributed by atoms with E-state index in [1.165, 1.54) is 11.1 Å². The third-order valence-electron chi connectivity index (χ3n) is 8.88. The van der Waals surface area contributed by atoms with Crippen molar-refractivity contribution in [2.75, 3.05) is 13.2 Å². The van der Waals surface area contributed by atoms with Gasteiger partial charge in [0.2, 0.25) is 5.91 Å². The minimum Gasteiger partial charge on any atom is -0.481 e. The zero-order valence-electron chi connectivity index (χ0n) is 19.6. The fourth-order valence-electron chi connectivity index (χ4n) is 6.46. The lowest BCUT2D eigenvalue weighted by molar-refractivity contribution is -0.138. The van der Waals surface area contributed by atoms with Crippen LogP contribution < -0.4 is 10.6 Å². The monoisotopic (exact) mass is 474 g/mol. The van der Waals surface area contributed by atoms with Gasteiger partial charge in [-0.3, -0.25) is 9.59 Å². The van der Waals surface area contributed by atoms with Crippen molar-refractivity contribution in [2.24, 2.45) is 10.8 Å². The molecule has 0 bridgehead atoms. The maximum absolute atomic E-state index is 13.3. The first kappa shape index (κ1) is 22.1. The average Bonchev–Trinajstić information content (AvgIpc) is 3.70. The average molecular weight is 475 g/mol. The number of alkyl carbamates (subject to hydrolysis) is 1. The van der Waals surface area contributed by atoms with Crippen LogP contribution in [0.3, 0.4) is 0 Å². The standard InChI is InChI=1S/C28H30N2O5/c31-23(32)14-27(12-13-27)30-24(33)28(16-26(28)10-5-11-26)17-29-25(34)35-15-22-20-8-3-1-6-18(20)19-7-2-4-9-21(19)22/h1-4,6-9,22H,5,10-17H2,(H,29,34)(H,30,33)(H,31,32). The van der Waals surface area contributed by atoms with Gasteiger partial charge < -0.3 is 20.5 Å². The molecule has 0 heterocycles. The molecule has 3 N–H and O–H groups in total. The molecular formula is C28H30N2O5. The summed E-state index contributed by atoms with van der Waals surface area (Å²) in [5, 5.41) is 15.1. The van der Waals surface area contributed by atoms with Gasteiger partial charge in [-0.2, -0.15) is 0 Å². The summed E-state index contributed by atoms with van der Waals surface area (Å²) in [4.78, 5) is 37.3. The van der Waals surface area contributed by atoms with E-state index in [9.17, 15) is 19.5 Å². The predicted molar refractivity (Wildman–Crippen MR) is 129 cm³/mol. The Balaban J connectivity index is 1.10. The first-order valence-electron chi connectivity index (χ1n) is 12.5. The quantitative estimate of drug-likeness (QED) is 0.532. The largest absolute Gasteiger partial charge is 0.481 e. The van der Waals surface area contributed by atoms with Crippen molar-refractivity contribution in [3.8, 4) is 11.1 Å². The van der Waals surface area contributed by atoms with Gasteiger partial charge in [0.25, 0.3) is 0 Å². The highest BCUT2D eigenvalue weighted by Crippen LogP contribution is 2.74. The van der Waals surface area contributed by atoms with Crippen LogP contribution in [0.15, 0.2) is 48.5 Å². The summed E-state index contributed by atoms with van der Waals surface area (Å²) in [6, 6.07) is 16.4. The molecule has 182 valence electrons. The molecule has 0 aromatic heterocycles. The SMILES string of the molecule is O=C(O)CC1(NC(=O)C2(CNC(=O)OCC3c4ccccc4-c4ccccc43)CC23CCC3)CC1. The number of rotatable bonds is 8. The van der Waals surface area contributed by atoms with Crippen LogP contribution in [0, 0.1) is 10.8 Å². The highest BCUT2D eigenvalue weighted by molar-refractivity contribution is 5.90. The zero-order valence-corrected chi connectivity index (χ0v) is 19.6. The number of carboxylic acids is 1. The molecular weight excluding hydrogens is 444 g/mol. The maximum Gasteiger partial charge on any atom is 0.407 e. The van der Waals surface area contributed by atoms with Crippen molar-refractivity contribution in [3.05, 3.63) is 59.7 Å². The number of carbonyl (C=O) groups excluding carboxylic acids is 2. The van der Waals surface area contributed by atoms with Gasteiger partial charge in [0.15, 0.2) is 0 Å². The second-order valence-electron chi connectivity index (χ2n) is 10.9. The number of aliphatic carboxylic acids is 1. The van der Waals surface area contributed by atoms with Gasteiger partial charge in [0.1, 0.15) is 6.61 Å². The third kappa shape index (κ3) is 3.60. The number of amides is 2. The Hall–Kier alpha value is -3.35. The summed E-state index contributed by atoms with van der Waals surface area (Å²) in [5.41, 5.74) is 3.31. The van der Waals surface area contributed by atoms with Crippen molar-refractivity contribution < 1.29 is 24.2 Å². The van der Waals surface area contributed by atoms with Gasteiger partial charge in [-0.25, -0.2) is 4.79 Å². The van der Waals surface area contributed by atoms with Gasteiger partial charge in [0.05, 0.1) is 17.4 Å². The first-order valence-corrected chi connectivity index (χ1v) is 12.5. The Bertz CT molecular complexity index is 1170. The third-order valence-corrected chi connectivity index (χ3v) is 8.88. The summed E-state index contributed by atoms with van der Waals surface area (Å²) in [6.45, 7) is 0.449. The Kier molecular flexibility index (Phi) is 4.95. The number of carbonyl (C=O) groups is 3. The van der Waals surface area contributed by atoms with E-state index in [-0.39, 0.29) is 36.8 Å². The summed E-state index contributed by atoms with van der Waals surface area (Å²) >= 11 is 0. The molecule has 35 heavy (non-hydrogen) atoms. The van der Waals surface area contributed by atoms with Crippen molar-refractivity contribution >= 4 is 18.0 Å². The van der Waals surface area contributed by atoms with Gasteiger partial charge in [-0.05, 0) is 59.8 Å². The molecule has 1 unspecified atom stereocenters. The molecule has 2 amide bonds. The zero-order chi connectivity index (χ0) is 24.3. The van der Waals surface area contributed by atoms with E-state index in [0.29, 0.717) is 12.8 Å². The fraction of sp³-hybridized carbons (Fsp3) is 0.464. The predicted octanol–water partition coefficient (Wildman–Crippen LogP) is 4.21. The first-order chi connectivity index (χ1) is 16.9. The second-order valence-corrected chi connectivity index (χ2v) is 10.9. The molecule has 0 saturated heterocycles. The molecule has 7 heteroatoms. The lowest BCUT2D eigenvalue weighted by Crippen LogP contribution is -2.49. The second kappa shape index (κ2) is 7.83. The minimum atomic E-state index is -0.900. The highest BCUT2D eigenvalue weighted by Gasteiger charge is 2.74. The van der Waals surface area contributed by atoms with Crippen LogP contribution in [0.2, 0.25) is 0 Å². The van der Waals surface area contributed by atoms with E-state index in [0.717, 1.165) is 36.8 Å². The molecule has 0 aliphatic heterocycles. The summed E-state index contributed by atoms with van der Waals surface area (Å²) in [5.74, 6) is -1.03. The van der Waals surface area contributed by atoms with E-state index in [2.05, 4.69) is 34.9 Å². The molecule has 4 aliphatic carbocycles. The number of nitrogens with one attached hydrogen (secondary N) is 2. The molecule has 4 aliphatic rings. The van der Waals surface area contributed by atoms with Gasteiger partial charge in [0, 0.05) is 12.5 Å². The summed E-state index contributed by atoms with van der Waals surface area (Å²) < 4.78 is 5.67. The Labute approximate surface area is 204 Å². The summed E-state index contributed by atoms with van der Waals surface area (Å²) in [6.07, 6.45) is 4.56. The lowest BCUT2D eigenvalue weighted by atomic mass is 9.74. The van der Waals surface area contributed by atoms with Crippen LogP contribution in [-0.4, -0.2) is 41.8 Å². The molecule has 3 fully saturated rings. The number of hydrogen-bond acceptors (Lipinski definition) is 4. The van der Waals surface area contributed by atoms with Crippen molar-refractivity contribution in [1.29, 1.82) is 0 Å². The van der Waals surface area contributed by atoms with E-state index in [4.69, 9.17) is 4.74 Å². The van der Waals surface area contributed by atoms with Crippen molar-refractivity contribution in [1.82, 2.24) is 10.6 Å². The van der Waals surface area contributed by atoms with Crippen LogP contribution in [0.25, 0.3) is 11.1 Å². The van der Waals surface area contributed by atoms with Crippen molar-refractivity contribution in [3.63, 3.8) is 0 Å². The number of ether oxygens (including phenoxy) is 1. The number of hydrogen-bond donors (Lipinski definition) is 3. The van der Waals surface area contributed by atoms with Crippen LogP contribution in [0.4, 0.5) is 4.79 Å². The molecule has 1 atom stereocenters. The molecule has 2 aromatic rings. The van der Waals surface area contributed by atoms with E-state index >= 15 is 0 Å². The van der Waals surface area contributed by atoms with Gasteiger partial charge in [-0.1, -0.05) is 55.0 Å². The van der Waals surface area contributed by atoms with Crippen LogP contribution in [-0.2, 0) is 14.3 Å². The van der Waals surface area contributed by atoms with Crippen LogP contribution >= 0.6 is 0 Å². The molecule has 2 aromatic carbocycles. The topological polar surface area (TPSA) is 105 Å². The number of fused-ring (bicyclic) bond motifs is 3. The Morgan fingerprint density at radius 1 is 0.943 bits per heavy atom. The van der Waals surface area contributed by atoms with E-state index < -0.39 is 23.0 Å². The normalized spacial score (nSPS) is 24.0. The van der Waals surface area contributed by atoms with Gasteiger partial charge >= 0.3 is 12.1 Å². The molecule has 6 rings (SSSR count). The Morgan fingerprint density at radius 2 is 1.57 bits per heavy atom. The molecule has 1 spiro atoms. The Morgan fingerprint density at radius 3 is 2.09 bits per heavy atom. The van der Waals surface area contributed by atoms with Crippen LogP contribution in [0.5, 0.6) is 0 Å². The fourth-order valence-corrected chi connectivity index (χ4v) is 6.46. The number of carboxylic acid groups (broad SMARTS) is 1. The lowest BCUT2D eigenvalue weighted by Gasteiger charge is -2.33. The molecule has 7 nitrogen and oxygen atoms in total. The van der Waals surface area contributed by atoms with Gasteiger partial charge in [-0.15, -0.1) is 0 Å². The smallest absolute Gasteiger partial charge is 0.407 e. The minimum absolute atomic E-state index is 0.0185. The van der Waals surface area contributed by atoms with Crippen LogP contribution in [0.1, 0.15) is 62.0 Å². The molecule has 0 radical (unpaired) electrons. The van der Waals surface area contributed by atoms with E-state index in [1.54, 1.807) is 0 Å². The summed E-state index contributed by atoms with van der Waals surface area (Å²) in [7, 11) is 0. The molecule has 3 saturated carbocycles. The highest BCUT2D eigenvalue weighted by atomic mass is 16.5. The maximum atomic E-state index is 13.3.